The molecule has 1 atom stereocenters. The molecule has 3 heterocycles. The van der Waals surface area contributed by atoms with Gasteiger partial charge in [-0.2, -0.15) is 10.4 Å². The standard InChI is InChI=1S/C26H23N7O2S/c1-17-6-7-21(12-18(17)2)32-36(34,35)22-5-3-4-19(13-22)24(8-10-27)33-15-20(14-31-33)25-23-9-11-28-26(23)30-16-29-25/h3-7,9,11-16,24,32H,8H2,1-2H3,(H,28,29,30). The van der Waals surface area contributed by atoms with Crippen LogP contribution in [0.3, 0.4) is 0 Å². The van der Waals surface area contributed by atoms with Crippen molar-refractivity contribution in [2.45, 2.75) is 31.2 Å². The van der Waals surface area contributed by atoms with E-state index in [0.29, 0.717) is 11.3 Å². The van der Waals surface area contributed by atoms with Gasteiger partial charge < -0.3 is 4.98 Å². The highest BCUT2D eigenvalue weighted by Gasteiger charge is 2.21. The first-order valence-electron chi connectivity index (χ1n) is 11.3. The summed E-state index contributed by atoms with van der Waals surface area (Å²) in [4.78, 5) is 11.8. The van der Waals surface area contributed by atoms with Crippen LogP contribution in [0, 0.1) is 25.2 Å². The number of nitrogens with zero attached hydrogens (tertiary/aromatic N) is 5. The van der Waals surface area contributed by atoms with Crippen LogP contribution in [0.25, 0.3) is 22.3 Å². The third-order valence-electron chi connectivity index (χ3n) is 6.15. The van der Waals surface area contributed by atoms with E-state index in [2.05, 4.69) is 30.8 Å². The Bertz CT molecular complexity index is 1710. The van der Waals surface area contributed by atoms with Crippen LogP contribution in [0.2, 0.25) is 0 Å². The van der Waals surface area contributed by atoms with Crippen molar-refractivity contribution in [2.24, 2.45) is 0 Å². The number of hydrogen-bond acceptors (Lipinski definition) is 6. The number of sulfonamides is 1. The molecule has 0 amide bonds. The van der Waals surface area contributed by atoms with Crippen molar-refractivity contribution in [2.75, 3.05) is 4.72 Å². The van der Waals surface area contributed by atoms with Crippen molar-refractivity contribution >= 4 is 26.7 Å². The van der Waals surface area contributed by atoms with Crippen LogP contribution in [0.4, 0.5) is 5.69 Å². The summed E-state index contributed by atoms with van der Waals surface area (Å²) >= 11 is 0. The largest absolute Gasteiger partial charge is 0.346 e. The van der Waals surface area contributed by atoms with Crippen LogP contribution in [0.15, 0.2) is 78.3 Å². The second-order valence-electron chi connectivity index (χ2n) is 8.53. The van der Waals surface area contributed by atoms with Crippen LogP contribution in [0.1, 0.15) is 29.2 Å². The minimum atomic E-state index is -3.83. The number of aromatic nitrogens is 5. The SMILES string of the molecule is Cc1ccc(NS(=O)(=O)c2cccc(C(CC#N)n3cc(-c4ncnc5[nH]ccc45)cn3)c2)cc1C. The summed E-state index contributed by atoms with van der Waals surface area (Å²) in [5.41, 5.74) is 5.43. The Morgan fingerprint density at radius 2 is 1.97 bits per heavy atom. The molecule has 2 N–H and O–H groups in total. The topological polar surface area (TPSA) is 129 Å². The van der Waals surface area contributed by atoms with Gasteiger partial charge in [-0.15, -0.1) is 0 Å². The summed E-state index contributed by atoms with van der Waals surface area (Å²) in [7, 11) is -3.83. The van der Waals surface area contributed by atoms with E-state index in [4.69, 9.17) is 0 Å². The average molecular weight is 498 g/mol. The molecule has 0 aliphatic heterocycles. The van der Waals surface area contributed by atoms with Crippen molar-refractivity contribution in [3.8, 4) is 17.3 Å². The van der Waals surface area contributed by atoms with Crippen molar-refractivity contribution in [1.82, 2.24) is 24.7 Å². The second kappa shape index (κ2) is 9.28. The lowest BCUT2D eigenvalue weighted by atomic mass is 10.0. The Morgan fingerprint density at radius 3 is 2.78 bits per heavy atom. The van der Waals surface area contributed by atoms with E-state index in [1.54, 1.807) is 47.4 Å². The number of aryl methyl sites for hydroxylation is 2. The highest BCUT2D eigenvalue weighted by atomic mass is 32.2. The van der Waals surface area contributed by atoms with Gasteiger partial charge in [0.2, 0.25) is 0 Å². The number of fused-ring (bicyclic) bond motifs is 1. The van der Waals surface area contributed by atoms with Gasteiger partial charge in [-0.1, -0.05) is 18.2 Å². The number of benzene rings is 2. The maximum atomic E-state index is 13.1. The molecule has 0 saturated carbocycles. The number of nitriles is 1. The van der Waals surface area contributed by atoms with E-state index in [1.165, 1.54) is 12.4 Å². The molecule has 0 spiro atoms. The third kappa shape index (κ3) is 4.44. The molecule has 5 rings (SSSR count). The number of H-pyrrole nitrogens is 1. The molecule has 1 unspecified atom stereocenters. The van der Waals surface area contributed by atoms with Crippen LogP contribution in [-0.2, 0) is 10.0 Å². The molecule has 180 valence electrons. The lowest BCUT2D eigenvalue weighted by Crippen LogP contribution is -2.15. The average Bonchev–Trinajstić information content (AvgIpc) is 3.54. The minimum absolute atomic E-state index is 0.110. The predicted octanol–water partition coefficient (Wildman–Crippen LogP) is 4.74. The molecule has 5 aromatic rings. The van der Waals surface area contributed by atoms with Crippen molar-refractivity contribution < 1.29 is 8.42 Å². The van der Waals surface area contributed by atoms with Gasteiger partial charge >= 0.3 is 0 Å². The van der Waals surface area contributed by atoms with Gasteiger partial charge in [0, 0.05) is 29.0 Å². The molecule has 9 nitrogen and oxygen atoms in total. The molecular formula is C26H23N7O2S. The Balaban J connectivity index is 1.47. The van der Waals surface area contributed by atoms with Gasteiger partial charge in [0.15, 0.2) is 0 Å². The zero-order chi connectivity index (χ0) is 25.3. The maximum Gasteiger partial charge on any atom is 0.261 e. The fourth-order valence-corrected chi connectivity index (χ4v) is 5.20. The Kier molecular flexibility index (Phi) is 6.00. The van der Waals surface area contributed by atoms with Crippen LogP contribution >= 0.6 is 0 Å². The highest BCUT2D eigenvalue weighted by Crippen LogP contribution is 2.29. The Labute approximate surface area is 208 Å². The molecule has 0 aliphatic rings. The number of anilines is 1. The number of rotatable bonds is 7. The molecule has 0 bridgehead atoms. The lowest BCUT2D eigenvalue weighted by Gasteiger charge is -2.16. The summed E-state index contributed by atoms with van der Waals surface area (Å²) in [5, 5.41) is 14.9. The number of hydrogen-bond donors (Lipinski definition) is 2. The molecule has 10 heteroatoms. The minimum Gasteiger partial charge on any atom is -0.346 e. The monoisotopic (exact) mass is 497 g/mol. The first-order chi connectivity index (χ1) is 17.4. The normalized spacial score (nSPS) is 12.4. The van der Waals surface area contributed by atoms with Crippen LogP contribution in [0.5, 0.6) is 0 Å². The number of aromatic amines is 1. The van der Waals surface area contributed by atoms with E-state index in [-0.39, 0.29) is 11.3 Å². The highest BCUT2D eigenvalue weighted by molar-refractivity contribution is 7.92. The fraction of sp³-hybridized carbons (Fsp3) is 0.154. The third-order valence-corrected chi connectivity index (χ3v) is 7.52. The van der Waals surface area contributed by atoms with E-state index in [0.717, 1.165) is 33.4 Å². The van der Waals surface area contributed by atoms with E-state index in [1.807, 2.05) is 32.2 Å². The van der Waals surface area contributed by atoms with Gasteiger partial charge in [-0.25, -0.2) is 18.4 Å². The second-order valence-corrected chi connectivity index (χ2v) is 10.2. The molecular weight excluding hydrogens is 474 g/mol. The van der Waals surface area contributed by atoms with Gasteiger partial charge in [-0.3, -0.25) is 9.40 Å². The first kappa shape index (κ1) is 23.3. The first-order valence-corrected chi connectivity index (χ1v) is 12.7. The predicted molar refractivity (Wildman–Crippen MR) is 137 cm³/mol. The van der Waals surface area contributed by atoms with Crippen molar-refractivity contribution in [3.05, 3.63) is 90.1 Å². The zero-order valence-electron chi connectivity index (χ0n) is 19.7. The maximum absolute atomic E-state index is 13.1. The van der Waals surface area contributed by atoms with Gasteiger partial charge in [-0.05, 0) is 60.9 Å². The molecule has 3 aromatic heterocycles. The van der Waals surface area contributed by atoms with E-state index < -0.39 is 16.1 Å². The van der Waals surface area contributed by atoms with Gasteiger partial charge in [0.1, 0.15) is 12.0 Å². The van der Waals surface area contributed by atoms with Gasteiger partial charge in [0.05, 0.1) is 35.3 Å². The summed E-state index contributed by atoms with van der Waals surface area (Å²) in [6.07, 6.45) is 6.88. The van der Waals surface area contributed by atoms with E-state index in [9.17, 15) is 13.7 Å². The lowest BCUT2D eigenvalue weighted by molar-refractivity contribution is 0.531. The van der Waals surface area contributed by atoms with Gasteiger partial charge in [0.25, 0.3) is 10.0 Å². The fourth-order valence-electron chi connectivity index (χ4n) is 4.09. The molecule has 2 aromatic carbocycles. The molecule has 36 heavy (non-hydrogen) atoms. The molecule has 0 radical (unpaired) electrons. The van der Waals surface area contributed by atoms with Crippen LogP contribution < -0.4 is 4.72 Å². The Hall–Kier alpha value is -4.49. The molecule has 0 aliphatic carbocycles. The van der Waals surface area contributed by atoms with Crippen molar-refractivity contribution in [1.29, 1.82) is 5.26 Å². The van der Waals surface area contributed by atoms with E-state index >= 15 is 0 Å². The zero-order valence-corrected chi connectivity index (χ0v) is 20.5. The molecule has 0 saturated heterocycles. The summed E-state index contributed by atoms with van der Waals surface area (Å²) in [5.74, 6) is 0. The Morgan fingerprint density at radius 1 is 1.11 bits per heavy atom. The summed E-state index contributed by atoms with van der Waals surface area (Å²) in [6.45, 7) is 3.90. The quantitative estimate of drug-likeness (QED) is 0.334. The smallest absolute Gasteiger partial charge is 0.261 e. The summed E-state index contributed by atoms with van der Waals surface area (Å²) in [6, 6.07) is 15.6. The summed E-state index contributed by atoms with van der Waals surface area (Å²) < 4.78 is 30.6. The number of nitrogens with one attached hydrogen (secondary N) is 2. The van der Waals surface area contributed by atoms with Crippen LogP contribution in [-0.4, -0.2) is 33.2 Å². The van der Waals surface area contributed by atoms with Crippen molar-refractivity contribution in [3.63, 3.8) is 0 Å². The molecule has 0 fully saturated rings.